The molecule has 0 unspecified atom stereocenters. The van der Waals surface area contributed by atoms with Gasteiger partial charge in [0, 0.05) is 0 Å². The number of aryl methyl sites for hydroxylation is 3. The fourth-order valence-electron chi connectivity index (χ4n) is 3.84. The number of ether oxygens (including phenoxy) is 3. The van der Waals surface area contributed by atoms with Gasteiger partial charge in [-0.3, -0.25) is 0 Å². The third-order valence-electron chi connectivity index (χ3n) is 5.58. The second-order valence-electron chi connectivity index (χ2n) is 7.81. The molecule has 0 aromatic heterocycles. The molecule has 0 N–H and O–H groups in total. The first-order valence-corrected chi connectivity index (χ1v) is 11.9. The van der Waals surface area contributed by atoms with Crippen molar-refractivity contribution in [2.24, 2.45) is 0 Å². The molecule has 0 spiro atoms. The Morgan fingerprint density at radius 1 is 0.529 bits per heavy atom. The zero-order chi connectivity index (χ0) is 25.0. The molecular formula is C27H27O6P. The highest BCUT2D eigenvalue weighted by atomic mass is 31.1. The molecule has 7 heteroatoms. The van der Waals surface area contributed by atoms with Crippen molar-refractivity contribution in [2.45, 2.75) is 20.8 Å². The van der Waals surface area contributed by atoms with Crippen LogP contribution >= 0.6 is 7.92 Å². The predicted molar refractivity (Wildman–Crippen MR) is 133 cm³/mol. The zero-order valence-electron chi connectivity index (χ0n) is 20.1. The number of benzene rings is 3. The monoisotopic (exact) mass is 478 g/mol. The smallest absolute Gasteiger partial charge is 0.337 e. The molecule has 34 heavy (non-hydrogen) atoms. The van der Waals surface area contributed by atoms with Crippen LogP contribution in [0.25, 0.3) is 0 Å². The van der Waals surface area contributed by atoms with E-state index < -0.39 is 25.8 Å². The Morgan fingerprint density at radius 2 is 0.794 bits per heavy atom. The average molecular weight is 478 g/mol. The standard InChI is InChI=1S/C27H27O6P/c1-16-13-19(25(28)31-4)7-10-22(16)34(23-11-8-20(14-17(23)2)26(29)32-5)24-12-9-21(15-18(24)3)27(30)33-6/h7-15H,1-6H3. The van der Waals surface area contributed by atoms with Crippen molar-refractivity contribution in [3.05, 3.63) is 88.0 Å². The van der Waals surface area contributed by atoms with E-state index >= 15 is 0 Å². The van der Waals surface area contributed by atoms with Crippen LogP contribution in [0, 0.1) is 20.8 Å². The summed E-state index contributed by atoms with van der Waals surface area (Å²) in [5.74, 6) is -1.18. The molecule has 0 saturated carbocycles. The van der Waals surface area contributed by atoms with E-state index in [-0.39, 0.29) is 0 Å². The maximum absolute atomic E-state index is 12.1. The van der Waals surface area contributed by atoms with E-state index in [9.17, 15) is 14.4 Å². The first-order chi connectivity index (χ1) is 16.2. The van der Waals surface area contributed by atoms with Gasteiger partial charge in [-0.1, -0.05) is 18.2 Å². The molecule has 0 aliphatic rings. The Bertz CT molecular complexity index is 1110. The van der Waals surface area contributed by atoms with Gasteiger partial charge in [0.05, 0.1) is 38.0 Å². The van der Waals surface area contributed by atoms with Crippen molar-refractivity contribution in [1.82, 2.24) is 0 Å². The van der Waals surface area contributed by atoms with Gasteiger partial charge < -0.3 is 14.2 Å². The number of hydrogen-bond donors (Lipinski definition) is 0. The normalized spacial score (nSPS) is 10.7. The van der Waals surface area contributed by atoms with E-state index in [0.29, 0.717) is 16.7 Å². The Kier molecular flexibility index (Phi) is 7.85. The van der Waals surface area contributed by atoms with Crippen LogP contribution in [0.15, 0.2) is 54.6 Å². The van der Waals surface area contributed by atoms with Gasteiger partial charge in [0.1, 0.15) is 0 Å². The zero-order valence-corrected chi connectivity index (χ0v) is 21.0. The SMILES string of the molecule is COC(=O)c1ccc(P(c2ccc(C(=O)OC)cc2C)c2ccc(C(=O)OC)cc2C)c(C)c1. The van der Waals surface area contributed by atoms with Gasteiger partial charge in [0.2, 0.25) is 0 Å². The van der Waals surface area contributed by atoms with Gasteiger partial charge in [-0.15, -0.1) is 0 Å². The summed E-state index contributed by atoms with van der Waals surface area (Å²) in [6.45, 7) is 5.90. The van der Waals surface area contributed by atoms with Crippen LogP contribution in [0.5, 0.6) is 0 Å². The van der Waals surface area contributed by atoms with Gasteiger partial charge in [-0.25, -0.2) is 14.4 Å². The number of rotatable bonds is 6. The summed E-state index contributed by atoms with van der Waals surface area (Å²) >= 11 is 0. The highest BCUT2D eigenvalue weighted by molar-refractivity contribution is 7.80. The molecule has 0 amide bonds. The lowest BCUT2D eigenvalue weighted by Crippen LogP contribution is -2.26. The van der Waals surface area contributed by atoms with Crippen LogP contribution in [-0.2, 0) is 14.2 Å². The molecule has 0 radical (unpaired) electrons. The fourth-order valence-corrected chi connectivity index (χ4v) is 6.54. The summed E-state index contributed by atoms with van der Waals surface area (Å²) in [5.41, 5.74) is 4.28. The Labute approximate surface area is 200 Å². The molecule has 3 rings (SSSR count). The average Bonchev–Trinajstić information content (AvgIpc) is 2.84. The third kappa shape index (κ3) is 5.02. The second-order valence-corrected chi connectivity index (χ2v) is 9.93. The van der Waals surface area contributed by atoms with Crippen molar-refractivity contribution in [2.75, 3.05) is 21.3 Å². The number of methoxy groups -OCH3 is 3. The number of carbonyl (C=O) groups excluding carboxylic acids is 3. The van der Waals surface area contributed by atoms with Crippen LogP contribution in [0.3, 0.4) is 0 Å². The van der Waals surface area contributed by atoms with E-state index in [1.54, 1.807) is 18.2 Å². The highest BCUT2D eigenvalue weighted by Gasteiger charge is 2.24. The van der Waals surface area contributed by atoms with Gasteiger partial charge in [0.15, 0.2) is 0 Å². The van der Waals surface area contributed by atoms with Crippen LogP contribution in [-0.4, -0.2) is 39.2 Å². The predicted octanol–water partition coefficient (Wildman–Crippen LogP) is 3.73. The lowest BCUT2D eigenvalue weighted by molar-refractivity contribution is 0.0592. The Hall–Kier alpha value is -3.50. The lowest BCUT2D eigenvalue weighted by atomic mass is 10.1. The molecular weight excluding hydrogens is 451 g/mol. The summed E-state index contributed by atoms with van der Waals surface area (Å²) in [5, 5.41) is 3.18. The van der Waals surface area contributed by atoms with Crippen LogP contribution < -0.4 is 15.9 Å². The number of carbonyl (C=O) groups is 3. The summed E-state index contributed by atoms with van der Waals surface area (Å²) in [6.07, 6.45) is 0. The van der Waals surface area contributed by atoms with E-state index in [1.807, 2.05) is 57.2 Å². The third-order valence-corrected chi connectivity index (χ3v) is 8.53. The van der Waals surface area contributed by atoms with E-state index in [4.69, 9.17) is 14.2 Å². The molecule has 0 atom stereocenters. The molecule has 6 nitrogen and oxygen atoms in total. The van der Waals surface area contributed by atoms with Crippen molar-refractivity contribution >= 4 is 41.7 Å². The minimum absolute atomic E-state index is 0.392. The molecule has 0 aliphatic heterocycles. The minimum Gasteiger partial charge on any atom is -0.465 e. The summed E-state index contributed by atoms with van der Waals surface area (Å²) in [6, 6.07) is 16.6. The maximum atomic E-state index is 12.1. The molecule has 0 saturated heterocycles. The maximum Gasteiger partial charge on any atom is 0.337 e. The summed E-state index contributed by atoms with van der Waals surface area (Å²) < 4.78 is 14.6. The van der Waals surface area contributed by atoms with Crippen LogP contribution in [0.1, 0.15) is 47.8 Å². The minimum atomic E-state index is -1.07. The fraction of sp³-hybridized carbons (Fsp3) is 0.222. The quantitative estimate of drug-likeness (QED) is 0.305. The first kappa shape index (κ1) is 25.1. The largest absolute Gasteiger partial charge is 0.465 e. The molecule has 0 fully saturated rings. The lowest BCUT2D eigenvalue weighted by Gasteiger charge is -2.25. The number of hydrogen-bond acceptors (Lipinski definition) is 6. The first-order valence-electron chi connectivity index (χ1n) is 10.6. The van der Waals surface area contributed by atoms with Gasteiger partial charge in [-0.2, -0.15) is 0 Å². The highest BCUT2D eigenvalue weighted by Crippen LogP contribution is 2.37. The molecule has 0 bridgehead atoms. The van der Waals surface area contributed by atoms with Crippen molar-refractivity contribution in [3.63, 3.8) is 0 Å². The van der Waals surface area contributed by atoms with Crippen LogP contribution in [0.2, 0.25) is 0 Å². The van der Waals surface area contributed by atoms with Gasteiger partial charge in [0.25, 0.3) is 0 Å². The van der Waals surface area contributed by atoms with Gasteiger partial charge in [-0.05, 0) is 97.7 Å². The van der Waals surface area contributed by atoms with E-state index in [2.05, 4.69) is 0 Å². The second kappa shape index (κ2) is 10.6. The molecule has 0 aliphatic carbocycles. The molecule has 3 aromatic carbocycles. The summed E-state index contributed by atoms with van der Waals surface area (Å²) in [4.78, 5) is 36.2. The Morgan fingerprint density at radius 3 is 1.00 bits per heavy atom. The van der Waals surface area contributed by atoms with E-state index in [1.165, 1.54) is 21.3 Å². The van der Waals surface area contributed by atoms with Crippen molar-refractivity contribution < 1.29 is 28.6 Å². The topological polar surface area (TPSA) is 78.9 Å². The van der Waals surface area contributed by atoms with Crippen molar-refractivity contribution in [1.29, 1.82) is 0 Å². The van der Waals surface area contributed by atoms with E-state index in [0.717, 1.165) is 32.6 Å². The van der Waals surface area contributed by atoms with Crippen molar-refractivity contribution in [3.8, 4) is 0 Å². The summed E-state index contributed by atoms with van der Waals surface area (Å²) in [7, 11) is 3.00. The number of esters is 3. The van der Waals surface area contributed by atoms with Crippen LogP contribution in [0.4, 0.5) is 0 Å². The molecule has 176 valence electrons. The Balaban J connectivity index is 2.23. The molecule has 0 heterocycles. The molecule has 3 aromatic rings. The van der Waals surface area contributed by atoms with Gasteiger partial charge >= 0.3 is 17.9 Å².